The topological polar surface area (TPSA) is 63.2 Å². The largest absolute Gasteiger partial charge is 0.488 e. The lowest BCUT2D eigenvalue weighted by Crippen LogP contribution is -2.09. The van der Waals surface area contributed by atoms with Crippen LogP contribution < -0.4 is 14.2 Å². The monoisotopic (exact) mass is 324 g/mol. The Bertz CT molecular complexity index is 546. The van der Waals surface area contributed by atoms with Crippen LogP contribution >= 0.6 is 0 Å². The molecule has 1 aromatic carbocycles. The average molecular weight is 324 g/mol. The van der Waals surface area contributed by atoms with Crippen molar-refractivity contribution in [1.82, 2.24) is 0 Å². The zero-order valence-corrected chi connectivity index (χ0v) is 14.3. The molecule has 0 aliphatic rings. The predicted molar refractivity (Wildman–Crippen MR) is 86.4 cm³/mol. The highest BCUT2D eigenvalue weighted by Gasteiger charge is 2.18. The van der Waals surface area contributed by atoms with Crippen molar-refractivity contribution < 1.29 is 28.5 Å². The van der Waals surface area contributed by atoms with E-state index in [4.69, 9.17) is 23.7 Å². The summed E-state index contributed by atoms with van der Waals surface area (Å²) < 4.78 is 26.4. The fraction of sp³-hybridized carbons (Fsp3) is 0.471. The van der Waals surface area contributed by atoms with Gasteiger partial charge in [0.1, 0.15) is 29.4 Å². The van der Waals surface area contributed by atoms with Gasteiger partial charge in [-0.15, -0.1) is 0 Å². The summed E-state index contributed by atoms with van der Waals surface area (Å²) in [6, 6.07) is 3.26. The van der Waals surface area contributed by atoms with Crippen molar-refractivity contribution in [2.24, 2.45) is 0 Å². The molecule has 0 saturated carbocycles. The Hall–Kier alpha value is -2.05. The summed E-state index contributed by atoms with van der Waals surface area (Å²) in [5.41, 5.74) is 1.48. The number of ether oxygens (including phenoxy) is 5. The Morgan fingerprint density at radius 3 is 2.04 bits per heavy atom. The van der Waals surface area contributed by atoms with Crippen LogP contribution in [-0.4, -0.2) is 40.2 Å². The molecule has 0 radical (unpaired) electrons. The number of allylic oxidation sites excluding steroid dienone is 1. The second-order valence-electron chi connectivity index (χ2n) is 5.04. The number of hydrogen-bond acceptors (Lipinski definition) is 6. The van der Waals surface area contributed by atoms with Gasteiger partial charge in [0.2, 0.25) is 0 Å². The Kier molecular flexibility index (Phi) is 8.15. The highest BCUT2D eigenvalue weighted by atomic mass is 16.7. The van der Waals surface area contributed by atoms with Crippen molar-refractivity contribution in [3.8, 4) is 17.2 Å². The summed E-state index contributed by atoms with van der Waals surface area (Å²) in [6.45, 7) is 5.84. The van der Waals surface area contributed by atoms with Crippen LogP contribution in [0, 0.1) is 0 Å². The van der Waals surface area contributed by atoms with Gasteiger partial charge < -0.3 is 23.7 Å². The van der Waals surface area contributed by atoms with E-state index in [-0.39, 0.29) is 19.4 Å². The normalized spacial score (nSPS) is 10.1. The van der Waals surface area contributed by atoms with E-state index in [9.17, 15) is 4.79 Å². The van der Waals surface area contributed by atoms with Crippen molar-refractivity contribution in [2.75, 3.05) is 34.4 Å². The molecule has 0 heterocycles. The number of methoxy groups -OCH3 is 2. The number of Topliss-reactive ketones (excluding diaryl/α,β-unsaturated/α-hetero) is 1. The zero-order valence-electron chi connectivity index (χ0n) is 14.3. The number of ketones is 1. The molecule has 0 aliphatic heterocycles. The van der Waals surface area contributed by atoms with Crippen LogP contribution in [0.3, 0.4) is 0 Å². The van der Waals surface area contributed by atoms with E-state index in [0.717, 1.165) is 5.57 Å². The summed E-state index contributed by atoms with van der Waals surface area (Å²) in [5, 5.41) is 0. The Morgan fingerprint density at radius 2 is 1.52 bits per heavy atom. The van der Waals surface area contributed by atoms with E-state index in [1.165, 1.54) is 21.1 Å². The molecule has 0 atom stereocenters. The van der Waals surface area contributed by atoms with E-state index in [0.29, 0.717) is 29.4 Å². The second-order valence-corrected chi connectivity index (χ2v) is 5.04. The van der Waals surface area contributed by atoms with Gasteiger partial charge in [-0.2, -0.15) is 0 Å². The first kappa shape index (κ1) is 19.0. The van der Waals surface area contributed by atoms with E-state index < -0.39 is 0 Å². The molecule has 23 heavy (non-hydrogen) atoms. The van der Waals surface area contributed by atoms with Crippen molar-refractivity contribution in [1.29, 1.82) is 0 Å². The van der Waals surface area contributed by atoms with Gasteiger partial charge in [-0.25, -0.2) is 0 Å². The molecular weight excluding hydrogens is 300 g/mol. The van der Waals surface area contributed by atoms with Crippen LogP contribution in [0.15, 0.2) is 23.8 Å². The first-order valence-corrected chi connectivity index (χ1v) is 7.18. The first-order chi connectivity index (χ1) is 11.0. The van der Waals surface area contributed by atoms with Crippen molar-refractivity contribution >= 4 is 5.78 Å². The van der Waals surface area contributed by atoms with Crippen LogP contribution in [-0.2, 0) is 9.47 Å². The maximum absolute atomic E-state index is 12.0. The Morgan fingerprint density at radius 1 is 0.957 bits per heavy atom. The molecule has 0 spiro atoms. The molecule has 128 valence electrons. The molecule has 1 aromatic rings. The molecule has 0 bridgehead atoms. The number of carbonyl (C=O) groups is 1. The third-order valence-corrected chi connectivity index (χ3v) is 2.80. The second kappa shape index (κ2) is 9.86. The number of hydrogen-bond donors (Lipinski definition) is 0. The van der Waals surface area contributed by atoms with Crippen molar-refractivity contribution in [3.05, 3.63) is 29.3 Å². The highest BCUT2D eigenvalue weighted by molar-refractivity contribution is 6.00. The summed E-state index contributed by atoms with van der Waals surface area (Å²) >= 11 is 0. The Labute approximate surface area is 136 Å². The molecule has 0 aromatic heterocycles. The molecule has 0 amide bonds. The highest BCUT2D eigenvalue weighted by Crippen LogP contribution is 2.35. The number of rotatable bonds is 10. The summed E-state index contributed by atoms with van der Waals surface area (Å²) in [7, 11) is 3.03. The maximum Gasteiger partial charge on any atom is 0.188 e. The predicted octanol–water partition coefficient (Wildman–Crippen LogP) is 3.20. The molecule has 0 saturated heterocycles. The standard InChI is InChI=1S/C17H24O6/c1-12(2)6-7-21-15-8-14(22-10-19-4)9-16(23-11-20-5)17(15)13(3)18/h6,8-9H,7,10-11H2,1-5H3. The van der Waals surface area contributed by atoms with Crippen LogP contribution in [0.5, 0.6) is 17.2 Å². The molecule has 6 nitrogen and oxygen atoms in total. The lowest BCUT2D eigenvalue weighted by atomic mass is 10.1. The van der Waals surface area contributed by atoms with Gasteiger partial charge in [0, 0.05) is 26.4 Å². The molecule has 0 N–H and O–H groups in total. The molecule has 0 unspecified atom stereocenters. The van der Waals surface area contributed by atoms with E-state index >= 15 is 0 Å². The lowest BCUT2D eigenvalue weighted by Gasteiger charge is -2.16. The fourth-order valence-corrected chi connectivity index (χ4v) is 1.77. The van der Waals surface area contributed by atoms with Crippen molar-refractivity contribution in [3.63, 3.8) is 0 Å². The summed E-state index contributed by atoms with van der Waals surface area (Å²) in [6.07, 6.45) is 1.92. The molecular formula is C17H24O6. The Balaban J connectivity index is 3.18. The smallest absolute Gasteiger partial charge is 0.188 e. The minimum Gasteiger partial charge on any atom is -0.488 e. The number of carbonyl (C=O) groups excluding carboxylic acids is 1. The lowest BCUT2D eigenvalue weighted by molar-refractivity contribution is 0.0452. The van der Waals surface area contributed by atoms with Gasteiger partial charge in [0.05, 0.1) is 0 Å². The van der Waals surface area contributed by atoms with Crippen LogP contribution in [0.25, 0.3) is 0 Å². The molecule has 1 rings (SSSR count). The van der Waals surface area contributed by atoms with Crippen molar-refractivity contribution in [2.45, 2.75) is 20.8 Å². The average Bonchev–Trinajstić information content (AvgIpc) is 2.49. The van der Waals surface area contributed by atoms with Crippen LogP contribution in [0.4, 0.5) is 0 Å². The first-order valence-electron chi connectivity index (χ1n) is 7.18. The minimum absolute atomic E-state index is 0.0153. The molecule has 6 heteroatoms. The third kappa shape index (κ3) is 6.30. The molecule has 0 aliphatic carbocycles. The quantitative estimate of drug-likeness (QED) is 0.374. The van der Waals surface area contributed by atoms with E-state index in [1.54, 1.807) is 12.1 Å². The zero-order chi connectivity index (χ0) is 17.2. The van der Waals surface area contributed by atoms with E-state index in [2.05, 4.69) is 0 Å². The maximum atomic E-state index is 12.0. The molecule has 0 fully saturated rings. The van der Waals surface area contributed by atoms with Gasteiger partial charge >= 0.3 is 0 Å². The number of benzene rings is 1. The minimum atomic E-state index is -0.165. The third-order valence-electron chi connectivity index (χ3n) is 2.80. The van der Waals surface area contributed by atoms with Gasteiger partial charge in [-0.3, -0.25) is 4.79 Å². The van der Waals surface area contributed by atoms with Crippen LogP contribution in [0.1, 0.15) is 31.1 Å². The van der Waals surface area contributed by atoms with Gasteiger partial charge in [-0.1, -0.05) is 5.57 Å². The van der Waals surface area contributed by atoms with Gasteiger partial charge in [0.15, 0.2) is 19.4 Å². The summed E-state index contributed by atoms with van der Waals surface area (Å²) in [5.74, 6) is 1.06. The summed E-state index contributed by atoms with van der Waals surface area (Å²) in [4.78, 5) is 12.0. The van der Waals surface area contributed by atoms with Crippen LogP contribution in [0.2, 0.25) is 0 Å². The van der Waals surface area contributed by atoms with Gasteiger partial charge in [0.25, 0.3) is 0 Å². The SMILES string of the molecule is COCOc1cc(OCC=C(C)C)c(C(C)=O)c(OCOC)c1. The van der Waals surface area contributed by atoms with Gasteiger partial charge in [-0.05, 0) is 26.8 Å². The fourth-order valence-electron chi connectivity index (χ4n) is 1.77. The van der Waals surface area contributed by atoms with E-state index in [1.807, 2.05) is 19.9 Å².